The molecule has 148 valence electrons. The van der Waals surface area contributed by atoms with E-state index in [1.54, 1.807) is 0 Å². The number of alkyl halides is 5. The second-order valence-electron chi connectivity index (χ2n) is 6.03. The standard InChI is InChI=1S/C19H17F7O/c1-2-3-4-5-12-10-15(20)17(16(21)11-12)19(25,26)27-14-8-6-13(7-9-14)18(22,23)24/h6-11H,2-5H2,1H3. The van der Waals surface area contributed by atoms with E-state index in [9.17, 15) is 30.7 Å². The molecule has 0 heterocycles. The number of rotatable bonds is 7. The number of hydrogen-bond donors (Lipinski definition) is 0. The summed E-state index contributed by atoms with van der Waals surface area (Å²) in [6, 6.07) is 4.03. The van der Waals surface area contributed by atoms with Crippen LogP contribution in [-0.4, -0.2) is 0 Å². The zero-order valence-corrected chi connectivity index (χ0v) is 14.3. The van der Waals surface area contributed by atoms with Crippen LogP contribution in [0.2, 0.25) is 0 Å². The molecule has 0 amide bonds. The van der Waals surface area contributed by atoms with Crippen LogP contribution >= 0.6 is 0 Å². The van der Waals surface area contributed by atoms with E-state index in [1.165, 1.54) is 0 Å². The Bertz CT molecular complexity index is 744. The molecule has 1 nitrogen and oxygen atoms in total. The normalized spacial score (nSPS) is 12.3. The maximum atomic E-state index is 14.2. The molecule has 0 atom stereocenters. The maximum absolute atomic E-state index is 14.2. The SMILES string of the molecule is CCCCCc1cc(F)c(C(F)(F)Oc2ccc(C(F)(F)F)cc2)c(F)c1. The van der Waals surface area contributed by atoms with Gasteiger partial charge in [-0.25, -0.2) is 8.78 Å². The smallest absolute Gasteiger partial charge is 0.429 e. The molecule has 2 rings (SSSR count). The van der Waals surface area contributed by atoms with E-state index in [-0.39, 0.29) is 5.56 Å². The highest BCUT2D eigenvalue weighted by Crippen LogP contribution is 2.37. The summed E-state index contributed by atoms with van der Waals surface area (Å²) in [4.78, 5) is 0. The Morgan fingerprint density at radius 2 is 1.41 bits per heavy atom. The molecule has 0 saturated carbocycles. The third-order valence-corrected chi connectivity index (χ3v) is 3.89. The molecule has 0 saturated heterocycles. The first-order chi connectivity index (χ1) is 12.5. The maximum Gasteiger partial charge on any atom is 0.432 e. The third-order valence-electron chi connectivity index (χ3n) is 3.89. The second-order valence-corrected chi connectivity index (χ2v) is 6.03. The number of hydrogen-bond acceptors (Lipinski definition) is 1. The average Bonchev–Trinajstić information content (AvgIpc) is 2.53. The Balaban J connectivity index is 2.22. The van der Waals surface area contributed by atoms with Crippen LogP contribution in [0.15, 0.2) is 36.4 Å². The van der Waals surface area contributed by atoms with Crippen LogP contribution in [0.5, 0.6) is 5.75 Å². The lowest BCUT2D eigenvalue weighted by Gasteiger charge is -2.20. The average molecular weight is 394 g/mol. The van der Waals surface area contributed by atoms with Crippen molar-refractivity contribution < 1.29 is 35.5 Å². The van der Waals surface area contributed by atoms with Crippen LogP contribution in [0.25, 0.3) is 0 Å². The number of benzene rings is 2. The molecule has 27 heavy (non-hydrogen) atoms. The molecule has 0 aliphatic carbocycles. The van der Waals surface area contributed by atoms with Gasteiger partial charge in [-0.2, -0.15) is 22.0 Å². The van der Waals surface area contributed by atoms with Crippen LogP contribution < -0.4 is 4.74 Å². The van der Waals surface area contributed by atoms with Gasteiger partial charge in [0.25, 0.3) is 0 Å². The van der Waals surface area contributed by atoms with Crippen molar-refractivity contribution in [3.63, 3.8) is 0 Å². The molecule has 0 spiro atoms. The van der Waals surface area contributed by atoms with Gasteiger partial charge in [-0.1, -0.05) is 19.8 Å². The predicted molar refractivity (Wildman–Crippen MR) is 85.6 cm³/mol. The molecule has 0 aromatic heterocycles. The molecule has 0 aliphatic heterocycles. The first-order valence-corrected chi connectivity index (χ1v) is 8.27. The first kappa shape index (κ1) is 21.1. The molecule has 0 unspecified atom stereocenters. The van der Waals surface area contributed by atoms with Gasteiger partial charge in [0, 0.05) is 0 Å². The number of unbranched alkanes of at least 4 members (excludes halogenated alkanes) is 2. The summed E-state index contributed by atoms with van der Waals surface area (Å²) in [7, 11) is 0. The van der Waals surface area contributed by atoms with Crippen molar-refractivity contribution in [2.75, 3.05) is 0 Å². The fourth-order valence-corrected chi connectivity index (χ4v) is 2.54. The lowest BCUT2D eigenvalue weighted by Crippen LogP contribution is -2.25. The fourth-order valence-electron chi connectivity index (χ4n) is 2.54. The minimum atomic E-state index is -4.65. The topological polar surface area (TPSA) is 9.23 Å². The third kappa shape index (κ3) is 5.37. The minimum Gasteiger partial charge on any atom is -0.429 e. The fraction of sp³-hybridized carbons (Fsp3) is 0.368. The lowest BCUT2D eigenvalue weighted by molar-refractivity contribution is -0.189. The van der Waals surface area contributed by atoms with Crippen LogP contribution in [0.1, 0.15) is 42.9 Å². The van der Waals surface area contributed by atoms with E-state index in [1.807, 2.05) is 6.92 Å². The predicted octanol–water partition coefficient (Wildman–Crippen LogP) is 6.84. The quantitative estimate of drug-likeness (QED) is 0.369. The number of ether oxygens (including phenoxy) is 1. The van der Waals surface area contributed by atoms with E-state index in [4.69, 9.17) is 0 Å². The summed E-state index contributed by atoms with van der Waals surface area (Å²) in [5.74, 6) is -3.60. The van der Waals surface area contributed by atoms with Gasteiger partial charge in [0.15, 0.2) is 0 Å². The van der Waals surface area contributed by atoms with Crippen molar-refractivity contribution in [2.45, 2.75) is 44.9 Å². The Labute approximate surface area is 151 Å². The molecule has 0 bridgehead atoms. The Morgan fingerprint density at radius 1 is 0.852 bits per heavy atom. The van der Waals surface area contributed by atoms with Crippen molar-refractivity contribution in [2.24, 2.45) is 0 Å². The Morgan fingerprint density at radius 3 is 1.89 bits per heavy atom. The van der Waals surface area contributed by atoms with Crippen molar-refractivity contribution in [3.05, 3.63) is 64.7 Å². The van der Waals surface area contributed by atoms with Crippen molar-refractivity contribution >= 4 is 0 Å². The van der Waals surface area contributed by atoms with Crippen LogP contribution in [0.3, 0.4) is 0 Å². The molecule has 0 radical (unpaired) electrons. The highest BCUT2D eigenvalue weighted by atomic mass is 19.4. The van der Waals surface area contributed by atoms with E-state index in [0.717, 1.165) is 25.0 Å². The zero-order chi connectivity index (χ0) is 20.2. The molecular formula is C19H17F7O. The van der Waals surface area contributed by atoms with Gasteiger partial charge < -0.3 is 4.74 Å². The molecule has 0 N–H and O–H groups in total. The number of halogens is 7. The summed E-state index contributed by atoms with van der Waals surface area (Å²) in [5.41, 5.74) is -2.40. The van der Waals surface area contributed by atoms with E-state index in [0.29, 0.717) is 37.1 Å². The number of aryl methyl sites for hydroxylation is 1. The summed E-state index contributed by atoms with van der Waals surface area (Å²) in [5, 5.41) is 0. The van der Waals surface area contributed by atoms with E-state index < -0.39 is 40.8 Å². The Kier molecular flexibility index (Phi) is 6.38. The zero-order valence-electron chi connectivity index (χ0n) is 14.3. The van der Waals surface area contributed by atoms with Gasteiger partial charge in [-0.3, -0.25) is 0 Å². The van der Waals surface area contributed by atoms with Crippen molar-refractivity contribution in [3.8, 4) is 5.75 Å². The monoisotopic (exact) mass is 394 g/mol. The van der Waals surface area contributed by atoms with Gasteiger partial charge in [0.2, 0.25) is 0 Å². The largest absolute Gasteiger partial charge is 0.432 e. The summed E-state index contributed by atoms with van der Waals surface area (Å²) >= 11 is 0. The van der Waals surface area contributed by atoms with Gasteiger partial charge in [0.1, 0.15) is 22.9 Å². The van der Waals surface area contributed by atoms with Gasteiger partial charge in [-0.05, 0) is 54.8 Å². The van der Waals surface area contributed by atoms with Crippen molar-refractivity contribution in [1.29, 1.82) is 0 Å². The van der Waals surface area contributed by atoms with Crippen LogP contribution in [-0.2, 0) is 18.7 Å². The van der Waals surface area contributed by atoms with E-state index >= 15 is 0 Å². The Hall–Kier alpha value is -2.25. The van der Waals surface area contributed by atoms with Crippen LogP contribution in [0, 0.1) is 11.6 Å². The van der Waals surface area contributed by atoms with Crippen molar-refractivity contribution in [1.82, 2.24) is 0 Å². The molecule has 8 heteroatoms. The highest BCUT2D eigenvalue weighted by Gasteiger charge is 2.41. The highest BCUT2D eigenvalue weighted by molar-refractivity contribution is 5.32. The summed E-state index contributed by atoms with van der Waals surface area (Å²) in [6.45, 7) is 1.95. The van der Waals surface area contributed by atoms with E-state index in [2.05, 4.69) is 4.74 Å². The summed E-state index contributed by atoms with van der Waals surface area (Å²) < 4.78 is 98.3. The molecule has 0 fully saturated rings. The molecule has 2 aromatic rings. The van der Waals surface area contributed by atoms with Crippen LogP contribution in [0.4, 0.5) is 30.7 Å². The lowest BCUT2D eigenvalue weighted by atomic mass is 10.0. The van der Waals surface area contributed by atoms with Gasteiger partial charge in [0.05, 0.1) is 5.56 Å². The summed E-state index contributed by atoms with van der Waals surface area (Å²) in [6.07, 6.45) is -6.32. The molecule has 2 aromatic carbocycles. The van der Waals surface area contributed by atoms with Gasteiger partial charge >= 0.3 is 12.3 Å². The molecule has 0 aliphatic rings. The molecular weight excluding hydrogens is 377 g/mol. The second kappa shape index (κ2) is 8.19. The van der Waals surface area contributed by atoms with Gasteiger partial charge in [-0.15, -0.1) is 0 Å². The first-order valence-electron chi connectivity index (χ1n) is 8.27. The minimum absolute atomic E-state index is 0.243.